The van der Waals surface area contributed by atoms with Crippen LogP contribution < -0.4 is 0 Å². The SMILES string of the molecule is C[C@]12OC1C=C(C1CCCCC1)C(=O)[C@]21CO1. The number of fused-ring (bicyclic) bond motifs is 2. The van der Waals surface area contributed by atoms with Crippen LogP contribution in [0.3, 0.4) is 0 Å². The second-order valence-corrected chi connectivity index (χ2v) is 6.05. The van der Waals surface area contributed by atoms with Crippen molar-refractivity contribution in [3.05, 3.63) is 11.6 Å². The smallest absolute Gasteiger partial charge is 0.196 e. The summed E-state index contributed by atoms with van der Waals surface area (Å²) in [5, 5.41) is 0. The molecule has 1 spiro atoms. The Labute approximate surface area is 101 Å². The van der Waals surface area contributed by atoms with Crippen LogP contribution in [-0.4, -0.2) is 29.7 Å². The van der Waals surface area contributed by atoms with Gasteiger partial charge in [-0.3, -0.25) is 4.79 Å². The third-order valence-corrected chi connectivity index (χ3v) is 5.10. The summed E-state index contributed by atoms with van der Waals surface area (Å²) in [4.78, 5) is 12.6. The first-order valence-corrected chi connectivity index (χ1v) is 6.76. The normalized spacial score (nSPS) is 48.9. The highest BCUT2D eigenvalue weighted by Crippen LogP contribution is 2.59. The fourth-order valence-corrected chi connectivity index (χ4v) is 3.67. The molecule has 0 N–H and O–H groups in total. The molecule has 2 aliphatic carbocycles. The van der Waals surface area contributed by atoms with Crippen LogP contribution in [0.2, 0.25) is 0 Å². The van der Waals surface area contributed by atoms with Crippen LogP contribution in [0, 0.1) is 5.92 Å². The molecule has 3 fully saturated rings. The Bertz CT molecular complexity index is 415. The first-order chi connectivity index (χ1) is 8.17. The molecule has 4 aliphatic rings. The summed E-state index contributed by atoms with van der Waals surface area (Å²) in [6, 6.07) is 0. The zero-order valence-electron chi connectivity index (χ0n) is 10.2. The van der Waals surface area contributed by atoms with Crippen LogP contribution in [0.25, 0.3) is 0 Å². The largest absolute Gasteiger partial charge is 0.358 e. The average Bonchev–Trinajstić information content (AvgIpc) is 3.22. The second kappa shape index (κ2) is 3.01. The van der Waals surface area contributed by atoms with E-state index in [0.717, 1.165) is 18.4 Å². The maximum absolute atomic E-state index is 12.6. The lowest BCUT2D eigenvalue weighted by molar-refractivity contribution is -0.123. The summed E-state index contributed by atoms with van der Waals surface area (Å²) < 4.78 is 11.2. The highest BCUT2D eigenvalue weighted by molar-refractivity contribution is 6.07. The Morgan fingerprint density at radius 2 is 2.00 bits per heavy atom. The van der Waals surface area contributed by atoms with Crippen LogP contribution in [-0.2, 0) is 14.3 Å². The molecule has 3 atom stereocenters. The minimum Gasteiger partial charge on any atom is -0.358 e. The van der Waals surface area contributed by atoms with Gasteiger partial charge in [0.2, 0.25) is 0 Å². The molecular weight excluding hydrogens is 216 g/mol. The van der Waals surface area contributed by atoms with E-state index in [2.05, 4.69) is 6.08 Å². The third kappa shape index (κ3) is 1.17. The molecule has 2 heterocycles. The van der Waals surface area contributed by atoms with Crippen LogP contribution >= 0.6 is 0 Å². The van der Waals surface area contributed by atoms with Crippen molar-refractivity contribution in [2.45, 2.75) is 56.3 Å². The fraction of sp³-hybridized carbons (Fsp3) is 0.786. The molecular formula is C14H18O3. The Morgan fingerprint density at radius 3 is 2.65 bits per heavy atom. The number of hydrogen-bond acceptors (Lipinski definition) is 3. The van der Waals surface area contributed by atoms with Gasteiger partial charge in [0.15, 0.2) is 11.4 Å². The van der Waals surface area contributed by atoms with Crippen molar-refractivity contribution < 1.29 is 14.3 Å². The Kier molecular flexibility index (Phi) is 1.82. The van der Waals surface area contributed by atoms with Gasteiger partial charge in [-0.25, -0.2) is 0 Å². The molecule has 2 aliphatic heterocycles. The van der Waals surface area contributed by atoms with Gasteiger partial charge >= 0.3 is 0 Å². The summed E-state index contributed by atoms with van der Waals surface area (Å²) >= 11 is 0. The number of ether oxygens (including phenoxy) is 2. The lowest BCUT2D eigenvalue weighted by atomic mass is 9.72. The molecule has 2 saturated heterocycles. The predicted molar refractivity (Wildman–Crippen MR) is 61.6 cm³/mol. The van der Waals surface area contributed by atoms with Crippen molar-refractivity contribution >= 4 is 5.78 Å². The fourth-order valence-electron chi connectivity index (χ4n) is 3.67. The zero-order valence-corrected chi connectivity index (χ0v) is 10.2. The lowest BCUT2D eigenvalue weighted by Crippen LogP contribution is -2.45. The zero-order chi connectivity index (χ0) is 11.7. The van der Waals surface area contributed by atoms with Crippen molar-refractivity contribution in [2.75, 3.05) is 6.61 Å². The number of ketones is 1. The molecule has 3 heteroatoms. The maximum Gasteiger partial charge on any atom is 0.196 e. The van der Waals surface area contributed by atoms with Crippen molar-refractivity contribution in [3.63, 3.8) is 0 Å². The third-order valence-electron chi connectivity index (χ3n) is 5.10. The van der Waals surface area contributed by atoms with E-state index in [4.69, 9.17) is 9.47 Å². The quantitative estimate of drug-likeness (QED) is 0.652. The van der Waals surface area contributed by atoms with Crippen molar-refractivity contribution in [3.8, 4) is 0 Å². The number of Topliss-reactive ketones (excluding diaryl/α,β-unsaturated/α-hetero) is 1. The number of rotatable bonds is 1. The lowest BCUT2D eigenvalue weighted by Gasteiger charge is -2.28. The number of hydrogen-bond donors (Lipinski definition) is 0. The van der Waals surface area contributed by atoms with Gasteiger partial charge in [-0.05, 0) is 31.8 Å². The molecule has 3 nitrogen and oxygen atoms in total. The molecule has 0 bridgehead atoms. The van der Waals surface area contributed by atoms with Gasteiger partial charge in [-0.2, -0.15) is 0 Å². The summed E-state index contributed by atoms with van der Waals surface area (Å²) in [6.07, 6.45) is 8.37. The van der Waals surface area contributed by atoms with Crippen molar-refractivity contribution in [1.82, 2.24) is 0 Å². The summed E-state index contributed by atoms with van der Waals surface area (Å²) in [7, 11) is 0. The molecule has 4 rings (SSSR count). The van der Waals surface area contributed by atoms with Crippen LogP contribution in [0.4, 0.5) is 0 Å². The van der Waals surface area contributed by atoms with E-state index in [1.807, 2.05) is 6.92 Å². The van der Waals surface area contributed by atoms with Gasteiger partial charge in [-0.1, -0.05) is 19.3 Å². The van der Waals surface area contributed by atoms with Gasteiger partial charge in [0.1, 0.15) is 11.7 Å². The Morgan fingerprint density at radius 1 is 1.29 bits per heavy atom. The van der Waals surface area contributed by atoms with Gasteiger partial charge in [0, 0.05) is 5.57 Å². The molecule has 1 saturated carbocycles. The van der Waals surface area contributed by atoms with Gasteiger partial charge in [0.05, 0.1) is 6.61 Å². The summed E-state index contributed by atoms with van der Waals surface area (Å²) in [5.41, 5.74) is 0.0729. The molecule has 0 aromatic rings. The summed E-state index contributed by atoms with van der Waals surface area (Å²) in [6.45, 7) is 2.57. The molecule has 17 heavy (non-hydrogen) atoms. The molecule has 1 unspecified atom stereocenters. The Hall–Kier alpha value is -0.670. The molecule has 0 radical (unpaired) electrons. The first kappa shape index (κ1) is 10.3. The monoisotopic (exact) mass is 234 g/mol. The van der Waals surface area contributed by atoms with Crippen molar-refractivity contribution in [2.24, 2.45) is 5.92 Å². The van der Waals surface area contributed by atoms with E-state index in [-0.39, 0.29) is 17.5 Å². The molecule has 92 valence electrons. The Balaban J connectivity index is 1.68. The van der Waals surface area contributed by atoms with Gasteiger partial charge in [-0.15, -0.1) is 0 Å². The molecule has 0 amide bonds. The van der Waals surface area contributed by atoms with E-state index in [1.54, 1.807) is 0 Å². The second-order valence-electron chi connectivity index (χ2n) is 6.05. The first-order valence-electron chi connectivity index (χ1n) is 6.76. The minimum absolute atomic E-state index is 0.125. The molecule has 0 aromatic heterocycles. The van der Waals surface area contributed by atoms with E-state index in [1.165, 1.54) is 19.3 Å². The molecule has 0 aromatic carbocycles. The highest BCUT2D eigenvalue weighted by atomic mass is 16.7. The number of epoxide rings is 2. The number of carbonyl (C=O) groups is 1. The van der Waals surface area contributed by atoms with E-state index < -0.39 is 5.60 Å². The maximum atomic E-state index is 12.6. The topological polar surface area (TPSA) is 42.1 Å². The summed E-state index contributed by atoms with van der Waals surface area (Å²) in [5.74, 6) is 0.687. The van der Waals surface area contributed by atoms with Gasteiger partial charge < -0.3 is 9.47 Å². The number of carbonyl (C=O) groups excluding carboxylic acids is 1. The van der Waals surface area contributed by atoms with E-state index in [9.17, 15) is 4.79 Å². The van der Waals surface area contributed by atoms with E-state index in [0.29, 0.717) is 12.5 Å². The van der Waals surface area contributed by atoms with Crippen LogP contribution in [0.5, 0.6) is 0 Å². The van der Waals surface area contributed by atoms with Crippen LogP contribution in [0.15, 0.2) is 11.6 Å². The van der Waals surface area contributed by atoms with E-state index >= 15 is 0 Å². The predicted octanol–water partition coefficient (Wildman–Crippen LogP) is 2.00. The minimum atomic E-state index is -0.598. The average molecular weight is 234 g/mol. The van der Waals surface area contributed by atoms with Gasteiger partial charge in [0.25, 0.3) is 0 Å². The standard InChI is InChI=1S/C14H18O3/c1-13-11(17-13)7-10(9-5-3-2-4-6-9)12(15)14(13)8-16-14/h7,9,11H,2-6,8H2,1H3/t11?,13-,14+/m0/s1. The van der Waals surface area contributed by atoms with Crippen molar-refractivity contribution in [1.29, 1.82) is 0 Å². The van der Waals surface area contributed by atoms with Crippen LogP contribution in [0.1, 0.15) is 39.0 Å². The highest BCUT2D eigenvalue weighted by Gasteiger charge is 2.78.